The minimum Gasteiger partial charge on any atom is -0.456 e. The maximum absolute atomic E-state index is 12.2. The molecule has 4 heteroatoms. The summed E-state index contributed by atoms with van der Waals surface area (Å²) in [4.78, 5) is 23.1. The molecule has 136 valence electrons. The van der Waals surface area contributed by atoms with Gasteiger partial charge in [-0.3, -0.25) is 9.59 Å². The number of ether oxygens (including phenoxy) is 1. The highest BCUT2D eigenvalue weighted by atomic mass is 16.5. The molecule has 0 aliphatic heterocycles. The van der Waals surface area contributed by atoms with Crippen LogP contribution in [-0.4, -0.2) is 18.5 Å². The molecule has 3 rings (SSSR count). The molecule has 0 unspecified atom stereocenters. The second-order valence-corrected chi connectivity index (χ2v) is 6.17. The summed E-state index contributed by atoms with van der Waals surface area (Å²) in [6, 6.07) is 28.0. The molecule has 3 aromatic rings. The first kappa shape index (κ1) is 18.4. The molecule has 0 aromatic heterocycles. The van der Waals surface area contributed by atoms with E-state index in [9.17, 15) is 9.59 Å². The van der Waals surface area contributed by atoms with Crippen molar-refractivity contribution in [1.29, 1.82) is 0 Å². The minimum absolute atomic E-state index is 0.0300. The Morgan fingerprint density at radius 1 is 0.815 bits per heavy atom. The van der Waals surface area contributed by atoms with Crippen molar-refractivity contribution in [3.63, 3.8) is 0 Å². The van der Waals surface area contributed by atoms with Gasteiger partial charge in [-0.05, 0) is 22.8 Å². The zero-order chi connectivity index (χ0) is 19.1. The number of rotatable bonds is 6. The van der Waals surface area contributed by atoms with Gasteiger partial charge in [-0.15, -0.1) is 0 Å². The van der Waals surface area contributed by atoms with Crippen LogP contribution in [0.1, 0.15) is 29.5 Å². The van der Waals surface area contributed by atoms with E-state index in [2.05, 4.69) is 29.6 Å². The van der Waals surface area contributed by atoms with E-state index in [1.54, 1.807) is 0 Å². The van der Waals surface area contributed by atoms with Gasteiger partial charge in [0.2, 0.25) is 0 Å². The topological polar surface area (TPSA) is 55.4 Å². The predicted molar refractivity (Wildman–Crippen MR) is 106 cm³/mol. The van der Waals surface area contributed by atoms with Crippen LogP contribution in [0, 0.1) is 0 Å². The number of amides is 1. The van der Waals surface area contributed by atoms with Crippen molar-refractivity contribution >= 4 is 17.6 Å². The van der Waals surface area contributed by atoms with Crippen LogP contribution in [0.5, 0.6) is 0 Å². The third-order valence-electron chi connectivity index (χ3n) is 4.22. The molecule has 3 aromatic carbocycles. The number of benzene rings is 3. The number of para-hydroxylation sites is 1. The summed E-state index contributed by atoms with van der Waals surface area (Å²) in [5.41, 5.74) is 3.94. The van der Waals surface area contributed by atoms with Crippen LogP contribution in [0.3, 0.4) is 0 Å². The SMILES string of the molecule is CC(=O)OCC(=O)Nc1ccccc1C(c1ccccc1)c1ccccc1. The fraction of sp³-hybridized carbons (Fsp3) is 0.130. The number of anilines is 1. The van der Waals surface area contributed by atoms with Crippen LogP contribution >= 0.6 is 0 Å². The first-order chi connectivity index (χ1) is 13.1. The van der Waals surface area contributed by atoms with Crippen LogP contribution in [0.15, 0.2) is 84.9 Å². The number of hydrogen-bond acceptors (Lipinski definition) is 3. The minimum atomic E-state index is -0.482. The van der Waals surface area contributed by atoms with Crippen LogP contribution in [0.2, 0.25) is 0 Å². The van der Waals surface area contributed by atoms with E-state index in [-0.39, 0.29) is 18.4 Å². The van der Waals surface area contributed by atoms with Gasteiger partial charge in [0.15, 0.2) is 6.61 Å². The zero-order valence-corrected chi connectivity index (χ0v) is 15.1. The van der Waals surface area contributed by atoms with Gasteiger partial charge in [0.05, 0.1) is 0 Å². The maximum Gasteiger partial charge on any atom is 0.303 e. The van der Waals surface area contributed by atoms with E-state index < -0.39 is 5.97 Å². The van der Waals surface area contributed by atoms with Crippen LogP contribution < -0.4 is 5.32 Å². The van der Waals surface area contributed by atoms with Crippen molar-refractivity contribution in [3.05, 3.63) is 102 Å². The lowest BCUT2D eigenvalue weighted by atomic mass is 9.84. The predicted octanol–water partition coefficient (Wildman–Crippen LogP) is 4.37. The zero-order valence-electron chi connectivity index (χ0n) is 15.1. The summed E-state index contributed by atoms with van der Waals surface area (Å²) in [5, 5.41) is 2.87. The van der Waals surface area contributed by atoms with Gasteiger partial charge in [0.25, 0.3) is 5.91 Å². The molecule has 1 amide bonds. The lowest BCUT2D eigenvalue weighted by molar-refractivity contribution is -0.144. The molecule has 0 saturated heterocycles. The first-order valence-electron chi connectivity index (χ1n) is 8.77. The Balaban J connectivity index is 1.98. The standard InChI is InChI=1S/C23H21NO3/c1-17(25)27-16-22(26)24-21-15-9-8-14-20(21)23(18-10-4-2-5-11-18)19-12-6-3-7-13-19/h2-15,23H,16H2,1H3,(H,24,26). The quantitative estimate of drug-likeness (QED) is 0.525. The van der Waals surface area contributed by atoms with E-state index in [1.165, 1.54) is 6.92 Å². The highest BCUT2D eigenvalue weighted by Gasteiger charge is 2.20. The van der Waals surface area contributed by atoms with E-state index in [1.807, 2.05) is 60.7 Å². The third kappa shape index (κ3) is 4.82. The molecule has 0 heterocycles. The molecule has 27 heavy (non-hydrogen) atoms. The molecular formula is C23H21NO3. The van der Waals surface area contributed by atoms with E-state index in [0.29, 0.717) is 5.69 Å². The van der Waals surface area contributed by atoms with Crippen molar-refractivity contribution in [3.8, 4) is 0 Å². The molecule has 4 nitrogen and oxygen atoms in total. The van der Waals surface area contributed by atoms with Crippen molar-refractivity contribution in [1.82, 2.24) is 0 Å². The third-order valence-corrected chi connectivity index (χ3v) is 4.22. The Hall–Kier alpha value is -3.40. The largest absolute Gasteiger partial charge is 0.456 e. The normalized spacial score (nSPS) is 10.4. The Labute approximate surface area is 158 Å². The summed E-state index contributed by atoms with van der Waals surface area (Å²) >= 11 is 0. The maximum atomic E-state index is 12.2. The fourth-order valence-electron chi connectivity index (χ4n) is 3.06. The average molecular weight is 359 g/mol. The van der Waals surface area contributed by atoms with Gasteiger partial charge in [0.1, 0.15) is 0 Å². The van der Waals surface area contributed by atoms with Gasteiger partial charge in [0, 0.05) is 18.5 Å². The van der Waals surface area contributed by atoms with Gasteiger partial charge < -0.3 is 10.1 Å². The lowest BCUT2D eigenvalue weighted by Gasteiger charge is -2.22. The summed E-state index contributed by atoms with van der Waals surface area (Å²) < 4.78 is 4.79. The number of esters is 1. The molecule has 0 spiro atoms. The summed E-state index contributed by atoms with van der Waals surface area (Å²) in [5.74, 6) is -0.875. The Morgan fingerprint density at radius 2 is 1.33 bits per heavy atom. The molecule has 0 aliphatic rings. The van der Waals surface area contributed by atoms with Gasteiger partial charge in [-0.2, -0.15) is 0 Å². The van der Waals surface area contributed by atoms with E-state index >= 15 is 0 Å². The number of hydrogen-bond donors (Lipinski definition) is 1. The number of carbonyl (C=O) groups excluding carboxylic acids is 2. The Morgan fingerprint density at radius 3 is 1.89 bits per heavy atom. The molecule has 0 radical (unpaired) electrons. The summed E-state index contributed by atoms with van der Waals surface area (Å²) in [6.07, 6.45) is 0. The summed E-state index contributed by atoms with van der Waals surface area (Å²) in [6.45, 7) is 0.979. The highest BCUT2D eigenvalue weighted by molar-refractivity contribution is 5.93. The van der Waals surface area contributed by atoms with Crippen molar-refractivity contribution in [2.24, 2.45) is 0 Å². The second kappa shape index (κ2) is 8.81. The smallest absolute Gasteiger partial charge is 0.303 e. The first-order valence-corrected chi connectivity index (χ1v) is 8.77. The van der Waals surface area contributed by atoms with Gasteiger partial charge in [-0.1, -0.05) is 78.9 Å². The molecule has 0 atom stereocenters. The highest BCUT2D eigenvalue weighted by Crippen LogP contribution is 2.35. The average Bonchev–Trinajstić information content (AvgIpc) is 2.70. The monoisotopic (exact) mass is 359 g/mol. The Bertz CT molecular complexity index is 868. The molecule has 0 fully saturated rings. The molecule has 0 bridgehead atoms. The summed E-state index contributed by atoms with van der Waals surface area (Å²) in [7, 11) is 0. The lowest BCUT2D eigenvalue weighted by Crippen LogP contribution is -2.21. The van der Waals surface area contributed by atoms with Gasteiger partial charge >= 0.3 is 5.97 Å². The van der Waals surface area contributed by atoms with Gasteiger partial charge in [-0.25, -0.2) is 0 Å². The van der Waals surface area contributed by atoms with E-state index in [4.69, 9.17) is 4.74 Å². The number of nitrogens with one attached hydrogen (secondary N) is 1. The molecular weight excluding hydrogens is 338 g/mol. The van der Waals surface area contributed by atoms with Crippen LogP contribution in [-0.2, 0) is 14.3 Å². The fourth-order valence-corrected chi connectivity index (χ4v) is 3.06. The van der Waals surface area contributed by atoms with Crippen LogP contribution in [0.4, 0.5) is 5.69 Å². The number of carbonyl (C=O) groups is 2. The molecule has 1 N–H and O–H groups in total. The van der Waals surface area contributed by atoms with Crippen molar-refractivity contribution in [2.75, 3.05) is 11.9 Å². The van der Waals surface area contributed by atoms with E-state index in [0.717, 1.165) is 16.7 Å². The molecule has 0 aliphatic carbocycles. The van der Waals surface area contributed by atoms with Crippen molar-refractivity contribution < 1.29 is 14.3 Å². The second-order valence-electron chi connectivity index (χ2n) is 6.17. The van der Waals surface area contributed by atoms with Crippen molar-refractivity contribution in [2.45, 2.75) is 12.8 Å². The molecule has 0 saturated carbocycles. The van der Waals surface area contributed by atoms with Crippen LogP contribution in [0.25, 0.3) is 0 Å². The Kier molecular flexibility index (Phi) is 6.00.